The van der Waals surface area contributed by atoms with Crippen molar-refractivity contribution in [3.8, 4) is 5.75 Å². The van der Waals surface area contributed by atoms with Crippen molar-refractivity contribution >= 4 is 16.8 Å². The number of nitrogens with one attached hydrogen (secondary N) is 1. The number of furan rings is 1. The van der Waals surface area contributed by atoms with E-state index in [1.54, 1.807) is 37.6 Å². The molecule has 5 aromatic rings. The molecular formula is C30H27FN2O3. The number of aromatic nitrogens is 1. The van der Waals surface area contributed by atoms with Gasteiger partial charge in [0.25, 0.3) is 0 Å². The summed E-state index contributed by atoms with van der Waals surface area (Å²) in [5.41, 5.74) is 3.55. The second-order valence-electron chi connectivity index (χ2n) is 8.71. The minimum absolute atomic E-state index is 0.109. The van der Waals surface area contributed by atoms with Gasteiger partial charge in [0.05, 0.1) is 19.9 Å². The molecule has 1 atom stereocenters. The average molecular weight is 483 g/mol. The van der Waals surface area contributed by atoms with Gasteiger partial charge in [-0.05, 0) is 53.1 Å². The van der Waals surface area contributed by atoms with Gasteiger partial charge in [-0.3, -0.25) is 4.79 Å². The minimum Gasteiger partial charge on any atom is -0.497 e. The van der Waals surface area contributed by atoms with E-state index in [0.29, 0.717) is 17.9 Å². The lowest BCUT2D eigenvalue weighted by atomic mass is 9.87. The maximum Gasteiger partial charge on any atom is 0.221 e. The monoisotopic (exact) mass is 482 g/mol. The molecule has 0 aliphatic carbocycles. The van der Waals surface area contributed by atoms with E-state index in [1.807, 2.05) is 54.7 Å². The number of fused-ring (bicyclic) bond motifs is 1. The van der Waals surface area contributed by atoms with E-state index in [4.69, 9.17) is 9.15 Å². The van der Waals surface area contributed by atoms with Crippen LogP contribution in [0.2, 0.25) is 0 Å². The number of ether oxygens (including phenoxy) is 1. The van der Waals surface area contributed by atoms with Crippen molar-refractivity contribution in [3.63, 3.8) is 0 Å². The van der Waals surface area contributed by atoms with Gasteiger partial charge in [-0.2, -0.15) is 0 Å². The summed E-state index contributed by atoms with van der Waals surface area (Å²) in [7, 11) is 1.65. The molecule has 0 fully saturated rings. The zero-order chi connectivity index (χ0) is 24.9. The molecule has 6 heteroatoms. The fourth-order valence-electron chi connectivity index (χ4n) is 4.61. The molecule has 1 amide bonds. The lowest BCUT2D eigenvalue weighted by Gasteiger charge is -2.18. The number of methoxy groups -OCH3 is 1. The number of para-hydroxylation sites is 1. The third-order valence-electron chi connectivity index (χ3n) is 6.42. The molecule has 5 nitrogen and oxygen atoms in total. The average Bonchev–Trinajstić information content (AvgIpc) is 3.56. The molecule has 0 spiro atoms. The van der Waals surface area contributed by atoms with Crippen LogP contribution in [-0.2, 0) is 17.9 Å². The molecule has 0 aliphatic heterocycles. The molecule has 0 unspecified atom stereocenters. The van der Waals surface area contributed by atoms with Crippen molar-refractivity contribution < 1.29 is 18.3 Å². The van der Waals surface area contributed by atoms with Crippen LogP contribution in [0.4, 0.5) is 4.39 Å². The van der Waals surface area contributed by atoms with Gasteiger partial charge in [-0.15, -0.1) is 0 Å². The topological polar surface area (TPSA) is 56.4 Å². The third kappa shape index (κ3) is 5.03. The van der Waals surface area contributed by atoms with Crippen molar-refractivity contribution in [2.75, 3.05) is 7.11 Å². The fraction of sp³-hybridized carbons (Fsp3) is 0.167. The van der Waals surface area contributed by atoms with Crippen LogP contribution >= 0.6 is 0 Å². The first-order valence-corrected chi connectivity index (χ1v) is 11.9. The first kappa shape index (κ1) is 23.4. The molecule has 0 bridgehead atoms. The Balaban J connectivity index is 1.51. The zero-order valence-corrected chi connectivity index (χ0v) is 20.0. The third-order valence-corrected chi connectivity index (χ3v) is 6.42. The molecule has 0 radical (unpaired) electrons. The van der Waals surface area contributed by atoms with E-state index in [2.05, 4.69) is 16.0 Å². The lowest BCUT2D eigenvalue weighted by molar-refractivity contribution is -0.121. The van der Waals surface area contributed by atoms with Crippen molar-refractivity contribution in [2.45, 2.75) is 25.4 Å². The molecule has 5 rings (SSSR count). The maximum atomic E-state index is 15.0. The Kier molecular flexibility index (Phi) is 6.85. The van der Waals surface area contributed by atoms with Crippen LogP contribution in [0.5, 0.6) is 5.75 Å². The van der Waals surface area contributed by atoms with E-state index in [-0.39, 0.29) is 24.7 Å². The highest BCUT2D eigenvalue weighted by molar-refractivity contribution is 5.86. The van der Waals surface area contributed by atoms with Crippen molar-refractivity contribution in [1.82, 2.24) is 9.88 Å². The predicted molar refractivity (Wildman–Crippen MR) is 137 cm³/mol. The number of benzene rings is 3. The highest BCUT2D eigenvalue weighted by Gasteiger charge is 2.25. The Labute approximate surface area is 209 Å². The van der Waals surface area contributed by atoms with Crippen LogP contribution in [0.3, 0.4) is 0 Å². The van der Waals surface area contributed by atoms with Crippen LogP contribution in [0.1, 0.15) is 34.8 Å². The van der Waals surface area contributed by atoms with Crippen LogP contribution in [0.15, 0.2) is 102 Å². The van der Waals surface area contributed by atoms with Crippen molar-refractivity contribution in [3.05, 3.63) is 126 Å². The zero-order valence-electron chi connectivity index (χ0n) is 20.0. The Morgan fingerprint density at radius 2 is 1.75 bits per heavy atom. The largest absolute Gasteiger partial charge is 0.497 e. The molecule has 0 saturated heterocycles. The summed E-state index contributed by atoms with van der Waals surface area (Å²) in [5, 5.41) is 3.90. The van der Waals surface area contributed by atoms with Gasteiger partial charge in [0.2, 0.25) is 5.91 Å². The number of rotatable bonds is 9. The Hall–Kier alpha value is -4.32. The Morgan fingerprint density at radius 3 is 2.50 bits per heavy atom. The summed E-state index contributed by atoms with van der Waals surface area (Å²) in [6.45, 7) is 0.925. The van der Waals surface area contributed by atoms with Crippen LogP contribution in [-0.4, -0.2) is 17.6 Å². The number of carbonyl (C=O) groups excluding carboxylic acids is 1. The van der Waals surface area contributed by atoms with Gasteiger partial charge < -0.3 is 19.0 Å². The number of nitrogens with zero attached hydrogens (tertiary/aromatic N) is 1. The second kappa shape index (κ2) is 10.5. The maximum absolute atomic E-state index is 15.0. The number of amides is 1. The number of carbonyl (C=O) groups is 1. The predicted octanol–water partition coefficient (Wildman–Crippen LogP) is 6.27. The first-order valence-electron chi connectivity index (χ1n) is 11.9. The number of hydrogen-bond donors (Lipinski definition) is 1. The summed E-state index contributed by atoms with van der Waals surface area (Å²) in [4.78, 5) is 13.0. The van der Waals surface area contributed by atoms with Gasteiger partial charge in [-0.1, -0.05) is 48.5 Å². The van der Waals surface area contributed by atoms with E-state index in [1.165, 1.54) is 6.07 Å². The van der Waals surface area contributed by atoms with E-state index >= 15 is 4.39 Å². The highest BCUT2D eigenvalue weighted by atomic mass is 19.1. The standard InChI is InChI=1S/C30H27FN2O3/c1-35-22-14-12-21(13-15-22)19-33-20-27(25-9-3-5-11-29(25)33)26(24-8-2-4-10-28(24)31)17-30(34)32-18-23-7-6-16-36-23/h2-16,20,26H,17-19H2,1H3,(H,32,34)/t26-/m1/s1. The van der Waals surface area contributed by atoms with Crippen molar-refractivity contribution in [2.24, 2.45) is 0 Å². The summed E-state index contributed by atoms with van der Waals surface area (Å²) < 4.78 is 27.8. The van der Waals surface area contributed by atoms with Gasteiger partial charge in [0.1, 0.15) is 17.3 Å². The number of hydrogen-bond acceptors (Lipinski definition) is 3. The highest BCUT2D eigenvalue weighted by Crippen LogP contribution is 2.36. The second-order valence-corrected chi connectivity index (χ2v) is 8.71. The molecule has 0 saturated carbocycles. The fourth-order valence-corrected chi connectivity index (χ4v) is 4.61. The quantitative estimate of drug-likeness (QED) is 0.269. The van der Waals surface area contributed by atoms with Gasteiger partial charge in [0.15, 0.2) is 0 Å². The van der Waals surface area contributed by atoms with E-state index in [0.717, 1.165) is 27.8 Å². The molecular weight excluding hydrogens is 455 g/mol. The summed E-state index contributed by atoms with van der Waals surface area (Å²) in [6.07, 6.45) is 3.73. The minimum atomic E-state index is -0.454. The summed E-state index contributed by atoms with van der Waals surface area (Å²) >= 11 is 0. The molecule has 3 aromatic carbocycles. The first-order chi connectivity index (χ1) is 17.6. The van der Waals surface area contributed by atoms with E-state index < -0.39 is 5.92 Å². The Bertz CT molecular complexity index is 1460. The molecule has 1 N–H and O–H groups in total. The molecule has 2 aromatic heterocycles. The smallest absolute Gasteiger partial charge is 0.221 e. The van der Waals surface area contributed by atoms with Crippen LogP contribution < -0.4 is 10.1 Å². The summed E-state index contributed by atoms with van der Waals surface area (Å²) in [5.74, 6) is 0.517. The van der Waals surface area contributed by atoms with Crippen LogP contribution in [0.25, 0.3) is 10.9 Å². The van der Waals surface area contributed by atoms with Gasteiger partial charge in [0, 0.05) is 36.0 Å². The lowest BCUT2D eigenvalue weighted by Crippen LogP contribution is -2.25. The number of halogens is 1. The molecule has 2 heterocycles. The normalized spacial score (nSPS) is 11.9. The van der Waals surface area contributed by atoms with Crippen LogP contribution in [0, 0.1) is 5.82 Å². The molecule has 36 heavy (non-hydrogen) atoms. The molecule has 0 aliphatic rings. The van der Waals surface area contributed by atoms with Gasteiger partial charge in [-0.25, -0.2) is 4.39 Å². The SMILES string of the molecule is COc1ccc(Cn2cc([C@H](CC(=O)NCc3ccco3)c3ccccc3F)c3ccccc32)cc1. The molecule has 182 valence electrons. The van der Waals surface area contributed by atoms with Gasteiger partial charge >= 0.3 is 0 Å². The Morgan fingerprint density at radius 1 is 0.972 bits per heavy atom. The van der Waals surface area contributed by atoms with Crippen molar-refractivity contribution in [1.29, 1.82) is 0 Å². The van der Waals surface area contributed by atoms with E-state index in [9.17, 15) is 4.79 Å². The summed E-state index contributed by atoms with van der Waals surface area (Å²) in [6, 6.07) is 26.2.